The second-order valence-electron chi connectivity index (χ2n) is 21.7. The number of phosphoric acid groups is 1. The van der Waals surface area contributed by atoms with Gasteiger partial charge < -0.3 is 27.9 Å². The summed E-state index contributed by atoms with van der Waals surface area (Å²) in [5.41, 5.74) is 0. The van der Waals surface area contributed by atoms with Crippen LogP contribution in [0.2, 0.25) is 0 Å². The van der Waals surface area contributed by atoms with Gasteiger partial charge in [0, 0.05) is 12.8 Å². The molecule has 0 fully saturated rings. The third-order valence-electron chi connectivity index (χ3n) is 12.6. The van der Waals surface area contributed by atoms with Gasteiger partial charge in [0.25, 0.3) is 7.82 Å². The van der Waals surface area contributed by atoms with Gasteiger partial charge in [0.2, 0.25) is 0 Å². The fourth-order valence-corrected chi connectivity index (χ4v) is 8.47. The summed E-state index contributed by atoms with van der Waals surface area (Å²) in [4.78, 5) is 37.9. The van der Waals surface area contributed by atoms with Crippen LogP contribution in [0.3, 0.4) is 0 Å². The number of nitrogens with zero attached hydrogens (tertiary/aromatic N) is 1. The molecule has 0 amide bonds. The molecule has 0 aliphatic carbocycles. The van der Waals surface area contributed by atoms with Gasteiger partial charge in [0.15, 0.2) is 6.10 Å². The Bertz CT molecular complexity index is 2120. The summed E-state index contributed by atoms with van der Waals surface area (Å²) in [6, 6.07) is 0. The molecule has 0 saturated carbocycles. The van der Waals surface area contributed by atoms with E-state index in [2.05, 4.69) is 208 Å². The zero-order valence-electron chi connectivity index (χ0n) is 53.3. The van der Waals surface area contributed by atoms with E-state index in [1.165, 1.54) is 12.8 Å². The first-order chi connectivity index (χ1) is 41.0. The van der Waals surface area contributed by atoms with Gasteiger partial charge in [-0.3, -0.25) is 14.2 Å². The molecule has 0 heterocycles. The predicted molar refractivity (Wildman–Crippen MR) is 359 cm³/mol. The molecule has 0 rings (SSSR count). The summed E-state index contributed by atoms with van der Waals surface area (Å²) in [7, 11) is 1.11. The zero-order valence-corrected chi connectivity index (χ0v) is 54.1. The number of phosphoric ester groups is 1. The minimum atomic E-state index is -4.66. The second kappa shape index (κ2) is 62.4. The minimum Gasteiger partial charge on any atom is -0.756 e. The average Bonchev–Trinajstić information content (AvgIpc) is 3.61. The summed E-state index contributed by atoms with van der Waals surface area (Å²) >= 11 is 0. The van der Waals surface area contributed by atoms with E-state index in [1.807, 2.05) is 21.1 Å². The highest BCUT2D eigenvalue weighted by molar-refractivity contribution is 7.45. The lowest BCUT2D eigenvalue weighted by atomic mass is 10.1. The van der Waals surface area contributed by atoms with Crippen molar-refractivity contribution < 1.29 is 42.1 Å². The van der Waals surface area contributed by atoms with E-state index in [1.54, 1.807) is 0 Å². The van der Waals surface area contributed by atoms with E-state index in [-0.39, 0.29) is 26.1 Å². The first-order valence-corrected chi connectivity index (χ1v) is 33.6. The van der Waals surface area contributed by atoms with Crippen LogP contribution in [0, 0.1) is 0 Å². The van der Waals surface area contributed by atoms with Gasteiger partial charge in [-0.25, -0.2) is 0 Å². The first kappa shape index (κ1) is 78.8. The van der Waals surface area contributed by atoms with Gasteiger partial charge in [-0.15, -0.1) is 0 Å². The van der Waals surface area contributed by atoms with Crippen molar-refractivity contribution in [1.29, 1.82) is 0 Å². The predicted octanol–water partition coefficient (Wildman–Crippen LogP) is 20.3. The van der Waals surface area contributed by atoms with Crippen molar-refractivity contribution >= 4 is 19.8 Å². The maximum absolute atomic E-state index is 12.8. The summed E-state index contributed by atoms with van der Waals surface area (Å²) in [5, 5.41) is 0. The molecule has 0 aliphatic heterocycles. The Kier molecular flexibility index (Phi) is 58.6. The van der Waals surface area contributed by atoms with Gasteiger partial charge in [0.05, 0.1) is 27.7 Å². The van der Waals surface area contributed by atoms with Gasteiger partial charge in [0.1, 0.15) is 19.8 Å². The largest absolute Gasteiger partial charge is 0.756 e. The quantitative estimate of drug-likeness (QED) is 0.0195. The van der Waals surface area contributed by atoms with Crippen LogP contribution >= 0.6 is 7.82 Å². The van der Waals surface area contributed by atoms with Crippen molar-refractivity contribution in [3.63, 3.8) is 0 Å². The number of carbonyl (C=O) groups is 2. The molecule has 0 aliphatic rings. The van der Waals surface area contributed by atoms with E-state index in [9.17, 15) is 19.0 Å². The second-order valence-corrected chi connectivity index (χ2v) is 23.1. The third kappa shape index (κ3) is 66.0. The number of likely N-dealkylation sites (N-methyl/N-ethyl adjacent to an activating group) is 1. The van der Waals surface area contributed by atoms with E-state index in [0.717, 1.165) is 154 Å². The highest BCUT2D eigenvalue weighted by Crippen LogP contribution is 2.38. The van der Waals surface area contributed by atoms with E-state index in [4.69, 9.17) is 18.5 Å². The Hall–Kier alpha value is -5.15. The van der Waals surface area contributed by atoms with Gasteiger partial charge in [-0.2, -0.15) is 0 Å². The number of allylic oxidation sites excluding steroid dienone is 32. The molecule has 0 spiro atoms. The maximum Gasteiger partial charge on any atom is 0.306 e. The SMILES string of the molecule is CC/C=C\C/C=C\C/C=C\C/C=C\C/C=C\C/C=C\C/C=C\C/C=C\C/C=C\C/C=C\C/C=C\CCCCCCCCCC(=O)OC(COC(=O)CCCCC/C=C\C/C=C\C/C=C\C/C=C\C/C=C\CC)COP(=O)([O-])OCC[N+](C)(C)C. The highest BCUT2D eigenvalue weighted by atomic mass is 31.2. The van der Waals surface area contributed by atoms with Crippen LogP contribution in [0.15, 0.2) is 194 Å². The molecule has 2 atom stereocenters. The van der Waals surface area contributed by atoms with Crippen LogP contribution in [0.1, 0.15) is 206 Å². The van der Waals surface area contributed by atoms with Crippen LogP contribution < -0.4 is 4.89 Å². The summed E-state index contributed by atoms with van der Waals surface area (Å²) in [5.74, 6) is -0.901. The van der Waals surface area contributed by atoms with Gasteiger partial charge in [-0.1, -0.05) is 247 Å². The smallest absolute Gasteiger partial charge is 0.306 e. The molecular weight excluding hydrogens is 1060 g/mol. The van der Waals surface area contributed by atoms with Crippen molar-refractivity contribution in [2.24, 2.45) is 0 Å². The molecule has 9 nitrogen and oxygen atoms in total. The molecule has 84 heavy (non-hydrogen) atoms. The molecule has 0 aromatic heterocycles. The number of hydrogen-bond donors (Lipinski definition) is 0. The Morgan fingerprint density at radius 3 is 0.964 bits per heavy atom. The first-order valence-electron chi connectivity index (χ1n) is 32.1. The van der Waals surface area contributed by atoms with Crippen molar-refractivity contribution in [3.8, 4) is 0 Å². The van der Waals surface area contributed by atoms with Gasteiger partial charge >= 0.3 is 11.9 Å². The Morgan fingerprint density at radius 1 is 0.369 bits per heavy atom. The summed E-state index contributed by atoms with van der Waals surface area (Å²) in [6.45, 7) is 3.92. The van der Waals surface area contributed by atoms with Crippen LogP contribution in [0.25, 0.3) is 0 Å². The average molecular weight is 1180 g/mol. The van der Waals surface area contributed by atoms with Crippen LogP contribution in [-0.4, -0.2) is 70.0 Å². The Morgan fingerprint density at radius 2 is 0.643 bits per heavy atom. The molecule has 0 bridgehead atoms. The van der Waals surface area contributed by atoms with Crippen LogP contribution in [0.4, 0.5) is 0 Å². The standard InChI is InChI=1S/C74H116NO8P/c1-6-8-10-12-14-16-18-20-22-24-26-27-28-29-30-31-32-33-34-35-36-37-38-39-40-41-42-43-44-45-46-47-49-51-53-55-57-59-61-63-65-67-74(77)83-72(71-82-84(78,79)81-69-68-75(3,4)5)70-80-73(76)66-64-62-60-58-56-54-52-50-48-25-23-21-19-17-15-13-11-9-7-2/h8-11,14-17,20-23,26-27,29-30,32-33,35-36,38-39,41-42,44-45,47-50,54,56,72H,6-7,12-13,18-19,24-25,28,31,34,37,40,43,46,51-53,55,57-71H2,1-5H3/b10-8-,11-9-,16-14-,17-15-,22-20-,23-21-,27-26-,30-29-,33-32-,36-35-,39-38-,42-41-,45-44-,49-47-,50-48-,56-54-. The van der Waals surface area contributed by atoms with Crippen molar-refractivity contribution in [3.05, 3.63) is 194 Å². The Balaban J connectivity index is 4.20. The summed E-state index contributed by atoms with van der Waals surface area (Å²) in [6.07, 6.45) is 97.8. The molecule has 470 valence electrons. The fourth-order valence-electron chi connectivity index (χ4n) is 7.74. The van der Waals surface area contributed by atoms with E-state index in [0.29, 0.717) is 23.9 Å². The third-order valence-corrected chi connectivity index (χ3v) is 13.6. The number of carbonyl (C=O) groups excluding carboxylic acids is 2. The molecular formula is C74H116NO8P. The maximum atomic E-state index is 12.8. The van der Waals surface area contributed by atoms with Crippen molar-refractivity contribution in [2.75, 3.05) is 47.5 Å². The minimum absolute atomic E-state index is 0.0500. The van der Waals surface area contributed by atoms with Crippen LogP contribution in [-0.2, 0) is 32.7 Å². The number of ether oxygens (including phenoxy) is 2. The molecule has 10 heteroatoms. The van der Waals surface area contributed by atoms with Crippen LogP contribution in [0.5, 0.6) is 0 Å². The normalized spacial score (nSPS) is 14.5. The topological polar surface area (TPSA) is 111 Å². The zero-order chi connectivity index (χ0) is 61.2. The monoisotopic (exact) mass is 1180 g/mol. The van der Waals surface area contributed by atoms with Gasteiger partial charge in [-0.05, 0) is 141 Å². The molecule has 0 radical (unpaired) electrons. The number of quaternary nitrogens is 1. The number of unbranched alkanes of at least 4 members (excludes halogenated alkanes) is 10. The summed E-state index contributed by atoms with van der Waals surface area (Å²) < 4.78 is 34.1. The van der Waals surface area contributed by atoms with E-state index >= 15 is 0 Å². The number of hydrogen-bond acceptors (Lipinski definition) is 8. The number of esters is 2. The molecule has 0 N–H and O–H groups in total. The van der Waals surface area contributed by atoms with Crippen molar-refractivity contribution in [2.45, 2.75) is 213 Å². The molecule has 0 aromatic carbocycles. The number of rotatable bonds is 56. The highest BCUT2D eigenvalue weighted by Gasteiger charge is 2.22. The molecule has 0 aromatic rings. The lowest BCUT2D eigenvalue weighted by molar-refractivity contribution is -0.870. The lowest BCUT2D eigenvalue weighted by Crippen LogP contribution is -2.37. The Labute approximate surface area is 513 Å². The fraction of sp³-hybridized carbons (Fsp3) is 0.541. The van der Waals surface area contributed by atoms with Crippen molar-refractivity contribution in [1.82, 2.24) is 0 Å². The molecule has 2 unspecified atom stereocenters. The van der Waals surface area contributed by atoms with E-state index < -0.39 is 32.5 Å². The lowest BCUT2D eigenvalue weighted by Gasteiger charge is -2.28. The molecule has 0 saturated heterocycles.